The molecule has 5 aliphatic rings. The van der Waals surface area contributed by atoms with Crippen LogP contribution in [0.5, 0.6) is 0 Å². The molecule has 1 aliphatic heterocycles. The molecule has 6 heteroatoms. The van der Waals surface area contributed by atoms with Gasteiger partial charge in [-0.15, -0.1) is 11.3 Å². The standard InChI is InChI=1S/C21H22N4OS/c26-20-17(8-11-1-2-16-18(9-11)27-10-22-16)23-21(25-20)24-19-14-4-12-3-13(6-14)7-15(19)5-12/h1-2,8-10,12-15,19H,3-7H2,(H2,23,24,25,26)/b17-8-. The van der Waals surface area contributed by atoms with Gasteiger partial charge in [-0.05, 0) is 79.5 Å². The Morgan fingerprint density at radius 1 is 1.07 bits per heavy atom. The van der Waals surface area contributed by atoms with Crippen LogP contribution in [-0.4, -0.2) is 22.9 Å². The second kappa shape index (κ2) is 5.89. The second-order valence-electron chi connectivity index (χ2n) is 8.62. The minimum atomic E-state index is -0.0954. The van der Waals surface area contributed by atoms with Crippen LogP contribution >= 0.6 is 11.3 Å². The van der Waals surface area contributed by atoms with Gasteiger partial charge in [0.05, 0.1) is 21.8 Å². The monoisotopic (exact) mass is 378 g/mol. The molecule has 0 radical (unpaired) electrons. The van der Waals surface area contributed by atoms with E-state index in [1.807, 2.05) is 23.7 Å². The zero-order valence-electron chi connectivity index (χ0n) is 15.0. The molecule has 7 rings (SSSR count). The minimum absolute atomic E-state index is 0.0954. The van der Waals surface area contributed by atoms with E-state index in [9.17, 15) is 4.79 Å². The Labute approximate surface area is 162 Å². The molecule has 27 heavy (non-hydrogen) atoms. The molecule has 1 amide bonds. The summed E-state index contributed by atoms with van der Waals surface area (Å²) in [4.78, 5) is 21.7. The van der Waals surface area contributed by atoms with E-state index in [2.05, 4.69) is 21.7 Å². The topological polar surface area (TPSA) is 66.4 Å². The highest BCUT2D eigenvalue weighted by Crippen LogP contribution is 2.54. The van der Waals surface area contributed by atoms with E-state index < -0.39 is 0 Å². The van der Waals surface area contributed by atoms with E-state index in [4.69, 9.17) is 4.99 Å². The Hall–Kier alpha value is -2.21. The maximum absolute atomic E-state index is 12.4. The molecule has 0 atom stereocenters. The van der Waals surface area contributed by atoms with Crippen LogP contribution in [0.4, 0.5) is 0 Å². The first-order chi connectivity index (χ1) is 13.2. The van der Waals surface area contributed by atoms with E-state index in [0.29, 0.717) is 29.5 Å². The van der Waals surface area contributed by atoms with Crippen molar-refractivity contribution in [2.45, 2.75) is 38.1 Å². The summed E-state index contributed by atoms with van der Waals surface area (Å²) in [5.74, 6) is 3.85. The summed E-state index contributed by atoms with van der Waals surface area (Å²) in [5, 5.41) is 6.17. The first-order valence-electron chi connectivity index (χ1n) is 9.92. The van der Waals surface area contributed by atoms with Gasteiger partial charge in [0.15, 0.2) is 0 Å². The van der Waals surface area contributed by atoms with Crippen molar-refractivity contribution in [3.8, 4) is 0 Å². The van der Waals surface area contributed by atoms with Gasteiger partial charge in [0, 0.05) is 0 Å². The number of guanidine groups is 1. The number of carbonyl (C=O) groups excluding carboxylic acids is 1. The van der Waals surface area contributed by atoms with Crippen LogP contribution in [-0.2, 0) is 4.79 Å². The highest BCUT2D eigenvalue weighted by Gasteiger charge is 2.48. The quantitative estimate of drug-likeness (QED) is 0.786. The lowest BCUT2D eigenvalue weighted by Gasteiger charge is -2.53. The lowest BCUT2D eigenvalue weighted by Crippen LogP contribution is -2.48. The SMILES string of the molecule is O=C1NC(=NC2C3CC4CC(C3)CC2C4)N/C1=C\c1ccc2ncsc2c1. The summed E-state index contributed by atoms with van der Waals surface area (Å²) in [5.41, 5.74) is 4.41. The van der Waals surface area contributed by atoms with Crippen molar-refractivity contribution in [2.24, 2.45) is 28.7 Å². The second-order valence-corrected chi connectivity index (χ2v) is 9.50. The number of aromatic nitrogens is 1. The summed E-state index contributed by atoms with van der Waals surface area (Å²) < 4.78 is 1.13. The third-order valence-electron chi connectivity index (χ3n) is 6.85. The summed E-state index contributed by atoms with van der Waals surface area (Å²) >= 11 is 1.61. The average Bonchev–Trinajstić information content (AvgIpc) is 3.24. The molecule has 5 fully saturated rings. The Morgan fingerprint density at radius 3 is 2.63 bits per heavy atom. The maximum Gasteiger partial charge on any atom is 0.274 e. The van der Waals surface area contributed by atoms with Gasteiger partial charge in [-0.2, -0.15) is 0 Å². The van der Waals surface area contributed by atoms with Crippen LogP contribution in [0.1, 0.15) is 37.7 Å². The summed E-state index contributed by atoms with van der Waals surface area (Å²) in [7, 11) is 0. The van der Waals surface area contributed by atoms with Crippen LogP contribution in [0.15, 0.2) is 34.4 Å². The number of fused-ring (bicyclic) bond motifs is 1. The molecule has 2 heterocycles. The molecular formula is C21H22N4OS. The Kier molecular flexibility index (Phi) is 3.45. The van der Waals surface area contributed by atoms with Crippen molar-refractivity contribution in [1.29, 1.82) is 0 Å². The van der Waals surface area contributed by atoms with Crippen LogP contribution in [0.25, 0.3) is 16.3 Å². The molecule has 4 aliphatic carbocycles. The number of hydrogen-bond donors (Lipinski definition) is 2. The summed E-state index contributed by atoms with van der Waals surface area (Å²) in [6, 6.07) is 6.45. The molecule has 1 aromatic heterocycles. The van der Waals surface area contributed by atoms with Crippen molar-refractivity contribution in [3.63, 3.8) is 0 Å². The number of thiazole rings is 1. The zero-order chi connectivity index (χ0) is 18.0. The third kappa shape index (κ3) is 2.69. The van der Waals surface area contributed by atoms with Crippen LogP contribution in [0.2, 0.25) is 0 Å². The summed E-state index contributed by atoms with van der Waals surface area (Å²) in [6.07, 6.45) is 8.68. The number of nitrogens with zero attached hydrogens (tertiary/aromatic N) is 2. The van der Waals surface area contributed by atoms with Gasteiger partial charge in [0.2, 0.25) is 5.96 Å². The zero-order valence-corrected chi connectivity index (χ0v) is 15.8. The van der Waals surface area contributed by atoms with Crippen LogP contribution < -0.4 is 10.6 Å². The Bertz CT molecular complexity index is 963. The fourth-order valence-electron chi connectivity index (χ4n) is 5.94. The molecule has 4 bridgehead atoms. The van der Waals surface area contributed by atoms with Gasteiger partial charge in [-0.3, -0.25) is 10.1 Å². The first kappa shape index (κ1) is 15.8. The Morgan fingerprint density at radius 2 is 1.85 bits per heavy atom. The lowest BCUT2D eigenvalue weighted by molar-refractivity contribution is -0.115. The number of rotatable bonds is 2. The molecule has 0 unspecified atom stereocenters. The molecule has 1 aromatic carbocycles. The average molecular weight is 379 g/mol. The smallest absolute Gasteiger partial charge is 0.274 e. The molecule has 138 valence electrons. The number of amides is 1. The third-order valence-corrected chi connectivity index (χ3v) is 7.64. The van der Waals surface area contributed by atoms with E-state index in [-0.39, 0.29) is 5.91 Å². The number of nitrogens with one attached hydrogen (secondary N) is 2. The first-order valence-corrected chi connectivity index (χ1v) is 10.8. The molecule has 2 aromatic rings. The molecule has 5 nitrogen and oxygen atoms in total. The van der Waals surface area contributed by atoms with E-state index in [1.165, 1.54) is 32.1 Å². The highest BCUT2D eigenvalue weighted by atomic mass is 32.1. The van der Waals surface area contributed by atoms with Gasteiger partial charge >= 0.3 is 0 Å². The van der Waals surface area contributed by atoms with Gasteiger partial charge < -0.3 is 5.32 Å². The van der Waals surface area contributed by atoms with Crippen molar-refractivity contribution in [1.82, 2.24) is 15.6 Å². The fourth-order valence-corrected chi connectivity index (χ4v) is 6.67. The molecule has 1 saturated heterocycles. The number of benzene rings is 1. The van der Waals surface area contributed by atoms with Crippen LogP contribution in [0.3, 0.4) is 0 Å². The van der Waals surface area contributed by atoms with Gasteiger partial charge in [0.25, 0.3) is 5.91 Å². The molecule has 2 N–H and O–H groups in total. The number of carbonyl (C=O) groups is 1. The van der Waals surface area contributed by atoms with Gasteiger partial charge in [-0.1, -0.05) is 6.07 Å². The minimum Gasteiger partial charge on any atom is -0.321 e. The van der Waals surface area contributed by atoms with Crippen molar-refractivity contribution in [3.05, 3.63) is 35.0 Å². The van der Waals surface area contributed by atoms with E-state index >= 15 is 0 Å². The normalized spacial score (nSPS) is 37.3. The Balaban J connectivity index is 1.25. The molecular weight excluding hydrogens is 356 g/mol. The van der Waals surface area contributed by atoms with Gasteiger partial charge in [0.1, 0.15) is 5.70 Å². The van der Waals surface area contributed by atoms with Crippen molar-refractivity contribution >= 4 is 39.5 Å². The molecule has 4 saturated carbocycles. The van der Waals surface area contributed by atoms with E-state index in [0.717, 1.165) is 27.6 Å². The van der Waals surface area contributed by atoms with Crippen LogP contribution in [0, 0.1) is 23.7 Å². The van der Waals surface area contributed by atoms with Crippen molar-refractivity contribution < 1.29 is 4.79 Å². The van der Waals surface area contributed by atoms with Crippen molar-refractivity contribution in [2.75, 3.05) is 0 Å². The maximum atomic E-state index is 12.4. The van der Waals surface area contributed by atoms with E-state index in [1.54, 1.807) is 11.3 Å². The summed E-state index contributed by atoms with van der Waals surface area (Å²) in [6.45, 7) is 0. The predicted octanol–water partition coefficient (Wildman–Crippen LogP) is 3.54. The molecule has 0 spiro atoms. The fraction of sp³-hybridized carbons (Fsp3) is 0.476. The number of aliphatic imine (C=N–C) groups is 1. The predicted molar refractivity (Wildman–Crippen MR) is 107 cm³/mol. The lowest BCUT2D eigenvalue weighted by atomic mass is 9.54. The highest BCUT2D eigenvalue weighted by molar-refractivity contribution is 7.16. The number of hydrogen-bond acceptors (Lipinski definition) is 4. The van der Waals surface area contributed by atoms with Gasteiger partial charge in [-0.25, -0.2) is 9.98 Å². The largest absolute Gasteiger partial charge is 0.321 e.